The highest BCUT2D eigenvalue weighted by Gasteiger charge is 2.26. The van der Waals surface area contributed by atoms with Crippen molar-refractivity contribution in [2.24, 2.45) is 0 Å². The third-order valence-electron chi connectivity index (χ3n) is 3.26. The molecule has 0 saturated heterocycles. The summed E-state index contributed by atoms with van der Waals surface area (Å²) in [6.45, 7) is 3.80. The number of carbonyl (C=O) groups is 1. The average Bonchev–Trinajstić information content (AvgIpc) is 3.16. The van der Waals surface area contributed by atoms with Gasteiger partial charge in [-0.1, -0.05) is 6.07 Å². The molecule has 0 bridgehead atoms. The lowest BCUT2D eigenvalue weighted by Crippen LogP contribution is -2.43. The van der Waals surface area contributed by atoms with Gasteiger partial charge in [0.2, 0.25) is 5.91 Å². The Morgan fingerprint density at radius 2 is 2.11 bits per heavy atom. The summed E-state index contributed by atoms with van der Waals surface area (Å²) in [5, 5.41) is 6.18. The Hall–Kier alpha value is -0.940. The van der Waals surface area contributed by atoms with Gasteiger partial charge < -0.3 is 5.32 Å². The molecule has 0 aliphatic heterocycles. The summed E-state index contributed by atoms with van der Waals surface area (Å²) in [5.41, 5.74) is 0.944. The van der Waals surface area contributed by atoms with Gasteiger partial charge in [0.1, 0.15) is 5.82 Å². The molecule has 0 heterocycles. The Morgan fingerprint density at radius 1 is 1.42 bits per heavy atom. The highest BCUT2D eigenvalue weighted by Crippen LogP contribution is 2.22. The van der Waals surface area contributed by atoms with Crippen molar-refractivity contribution in [2.45, 2.75) is 44.8 Å². The predicted molar refractivity (Wildman–Crippen MR) is 76.3 cm³/mol. The Labute approximate surface area is 121 Å². The van der Waals surface area contributed by atoms with E-state index in [0.29, 0.717) is 10.5 Å². The van der Waals surface area contributed by atoms with Gasteiger partial charge in [0.25, 0.3) is 0 Å². The number of amides is 1. The Bertz CT molecular complexity index is 477. The van der Waals surface area contributed by atoms with Gasteiger partial charge in [-0.25, -0.2) is 4.39 Å². The van der Waals surface area contributed by atoms with Gasteiger partial charge in [-0.3, -0.25) is 10.1 Å². The quantitative estimate of drug-likeness (QED) is 0.872. The smallest absolute Gasteiger partial charge is 0.237 e. The van der Waals surface area contributed by atoms with Crippen LogP contribution >= 0.6 is 15.9 Å². The van der Waals surface area contributed by atoms with Crippen LogP contribution in [0, 0.1) is 5.82 Å². The summed E-state index contributed by atoms with van der Waals surface area (Å²) >= 11 is 3.17. The summed E-state index contributed by atoms with van der Waals surface area (Å²) < 4.78 is 13.6. The van der Waals surface area contributed by atoms with Gasteiger partial charge in [0, 0.05) is 12.1 Å². The fourth-order valence-corrected chi connectivity index (χ4v) is 2.28. The lowest BCUT2D eigenvalue weighted by molar-refractivity contribution is -0.123. The van der Waals surface area contributed by atoms with E-state index in [4.69, 9.17) is 0 Å². The molecule has 3 nitrogen and oxygen atoms in total. The Morgan fingerprint density at radius 3 is 2.68 bits per heavy atom. The van der Waals surface area contributed by atoms with E-state index in [9.17, 15) is 9.18 Å². The second kappa shape index (κ2) is 6.01. The first-order chi connectivity index (χ1) is 8.97. The number of nitrogens with one attached hydrogen (secondary N) is 2. The number of hydrogen-bond acceptors (Lipinski definition) is 2. The number of halogens is 2. The van der Waals surface area contributed by atoms with Crippen LogP contribution in [0.4, 0.5) is 4.39 Å². The molecule has 2 atom stereocenters. The summed E-state index contributed by atoms with van der Waals surface area (Å²) in [5.74, 6) is -0.258. The fourth-order valence-electron chi connectivity index (χ4n) is 1.88. The highest BCUT2D eigenvalue weighted by atomic mass is 79.9. The normalized spacial score (nSPS) is 17.9. The van der Waals surface area contributed by atoms with Crippen molar-refractivity contribution in [1.82, 2.24) is 10.6 Å². The van der Waals surface area contributed by atoms with Gasteiger partial charge in [-0.2, -0.15) is 0 Å². The van der Waals surface area contributed by atoms with E-state index in [1.807, 2.05) is 13.8 Å². The molecule has 5 heteroatoms. The molecule has 0 radical (unpaired) electrons. The van der Waals surface area contributed by atoms with Crippen LogP contribution in [0.25, 0.3) is 0 Å². The first-order valence-corrected chi connectivity index (χ1v) is 7.28. The van der Waals surface area contributed by atoms with Crippen LogP contribution in [0.5, 0.6) is 0 Å². The van der Waals surface area contributed by atoms with E-state index in [1.54, 1.807) is 12.1 Å². The van der Waals surface area contributed by atoms with Crippen LogP contribution in [-0.2, 0) is 4.79 Å². The zero-order valence-corrected chi connectivity index (χ0v) is 12.6. The number of carbonyl (C=O) groups excluding carboxylic acids is 1. The molecule has 104 valence electrons. The minimum atomic E-state index is -0.282. The minimum Gasteiger partial charge on any atom is -0.352 e. The van der Waals surface area contributed by atoms with Crippen LogP contribution in [0.1, 0.15) is 38.3 Å². The minimum absolute atomic E-state index is 0.0168. The molecule has 2 unspecified atom stereocenters. The molecule has 1 aliphatic rings. The van der Waals surface area contributed by atoms with Crippen LogP contribution in [-0.4, -0.2) is 18.0 Å². The summed E-state index contributed by atoms with van der Waals surface area (Å²) in [4.78, 5) is 11.8. The number of benzene rings is 1. The van der Waals surface area contributed by atoms with E-state index in [-0.39, 0.29) is 23.8 Å². The Balaban J connectivity index is 1.93. The van der Waals surface area contributed by atoms with Crippen molar-refractivity contribution in [1.29, 1.82) is 0 Å². The topological polar surface area (TPSA) is 41.1 Å². The van der Waals surface area contributed by atoms with Gasteiger partial charge >= 0.3 is 0 Å². The van der Waals surface area contributed by atoms with Crippen molar-refractivity contribution >= 4 is 21.8 Å². The maximum Gasteiger partial charge on any atom is 0.237 e. The molecule has 19 heavy (non-hydrogen) atoms. The molecular weight excluding hydrogens is 311 g/mol. The van der Waals surface area contributed by atoms with Crippen LogP contribution in [0.3, 0.4) is 0 Å². The van der Waals surface area contributed by atoms with Gasteiger partial charge in [0.05, 0.1) is 10.5 Å². The summed E-state index contributed by atoms with van der Waals surface area (Å²) in [7, 11) is 0. The van der Waals surface area contributed by atoms with E-state index in [1.165, 1.54) is 6.07 Å². The fraction of sp³-hybridized carbons (Fsp3) is 0.500. The zero-order valence-electron chi connectivity index (χ0n) is 11.0. The molecule has 2 N–H and O–H groups in total. The second-order valence-electron chi connectivity index (χ2n) is 5.07. The van der Waals surface area contributed by atoms with Crippen molar-refractivity contribution in [3.63, 3.8) is 0 Å². The van der Waals surface area contributed by atoms with Crippen molar-refractivity contribution in [3.05, 3.63) is 34.1 Å². The Kier molecular flexibility index (Phi) is 4.58. The van der Waals surface area contributed by atoms with Crippen molar-refractivity contribution in [3.8, 4) is 0 Å². The highest BCUT2D eigenvalue weighted by molar-refractivity contribution is 9.10. The standard InChI is InChI=1S/C14H18BrFN2O/c1-8(10-3-6-13(16)12(15)7-10)17-9(2)14(19)18-11-4-5-11/h3,6-9,11,17H,4-5H2,1-2H3,(H,18,19). The monoisotopic (exact) mass is 328 g/mol. The lowest BCUT2D eigenvalue weighted by Gasteiger charge is -2.20. The first kappa shape index (κ1) is 14.5. The maximum absolute atomic E-state index is 13.2. The van der Waals surface area contributed by atoms with E-state index >= 15 is 0 Å². The zero-order chi connectivity index (χ0) is 14.0. The van der Waals surface area contributed by atoms with E-state index in [0.717, 1.165) is 18.4 Å². The molecule has 0 aromatic heterocycles. The second-order valence-corrected chi connectivity index (χ2v) is 5.92. The van der Waals surface area contributed by atoms with Crippen molar-refractivity contribution < 1.29 is 9.18 Å². The molecule has 2 rings (SSSR count). The molecular formula is C14H18BrFN2O. The lowest BCUT2D eigenvalue weighted by atomic mass is 10.1. The molecule has 1 aromatic carbocycles. The molecule has 1 fully saturated rings. The third-order valence-corrected chi connectivity index (χ3v) is 3.87. The molecule has 1 aliphatic carbocycles. The molecule has 1 saturated carbocycles. The van der Waals surface area contributed by atoms with E-state index < -0.39 is 0 Å². The van der Waals surface area contributed by atoms with Gasteiger partial charge in [-0.05, 0) is 60.3 Å². The largest absolute Gasteiger partial charge is 0.352 e. The predicted octanol–water partition coefficient (Wildman–Crippen LogP) is 2.91. The van der Waals surface area contributed by atoms with E-state index in [2.05, 4.69) is 26.6 Å². The van der Waals surface area contributed by atoms with Crippen molar-refractivity contribution in [2.75, 3.05) is 0 Å². The molecule has 0 spiro atoms. The molecule has 1 amide bonds. The van der Waals surface area contributed by atoms with Crippen LogP contribution in [0.15, 0.2) is 22.7 Å². The first-order valence-electron chi connectivity index (χ1n) is 6.48. The summed E-state index contributed by atoms with van der Waals surface area (Å²) in [6, 6.07) is 4.97. The molecule has 1 aromatic rings. The third kappa shape index (κ3) is 4.01. The number of rotatable bonds is 5. The van der Waals surface area contributed by atoms with Crippen LogP contribution in [0.2, 0.25) is 0 Å². The maximum atomic E-state index is 13.2. The summed E-state index contributed by atoms with van der Waals surface area (Å²) in [6.07, 6.45) is 2.16. The van der Waals surface area contributed by atoms with Gasteiger partial charge in [0.15, 0.2) is 0 Å². The average molecular weight is 329 g/mol. The van der Waals surface area contributed by atoms with Crippen LogP contribution < -0.4 is 10.6 Å². The van der Waals surface area contributed by atoms with Gasteiger partial charge in [-0.15, -0.1) is 0 Å². The number of hydrogen-bond donors (Lipinski definition) is 2. The SMILES string of the molecule is CC(NC(C)c1ccc(F)c(Br)c1)C(=O)NC1CC1.